The Morgan fingerprint density at radius 1 is 1.44 bits per heavy atom. The summed E-state index contributed by atoms with van der Waals surface area (Å²) in [5, 5.41) is 0. The van der Waals surface area contributed by atoms with Crippen molar-refractivity contribution in [2.24, 2.45) is 16.9 Å². The maximum absolute atomic E-state index is 11.0. The number of carbonyl (C=O) groups is 1. The number of carbonyl (C=O) groups excluding carboxylic acids is 1. The minimum absolute atomic E-state index is 0.223. The number of hydrogen-bond acceptors (Lipinski definition) is 3. The van der Waals surface area contributed by atoms with Crippen LogP contribution in [0.1, 0.15) is 39.0 Å². The van der Waals surface area contributed by atoms with Gasteiger partial charge in [-0.2, -0.15) is 0 Å². The first-order valence-electron chi connectivity index (χ1n) is 6.32. The molecule has 16 heavy (non-hydrogen) atoms. The van der Waals surface area contributed by atoms with Gasteiger partial charge in [-0.25, -0.2) is 0 Å². The van der Waals surface area contributed by atoms with Crippen molar-refractivity contribution < 1.29 is 4.79 Å². The van der Waals surface area contributed by atoms with Crippen LogP contribution in [0.2, 0.25) is 0 Å². The third-order valence-electron chi connectivity index (χ3n) is 3.40. The summed E-state index contributed by atoms with van der Waals surface area (Å²) in [5.41, 5.74) is 11.3. The Kier molecular flexibility index (Phi) is 5.22. The van der Waals surface area contributed by atoms with Crippen molar-refractivity contribution in [1.82, 2.24) is 4.90 Å². The highest BCUT2D eigenvalue weighted by molar-refractivity contribution is 5.75. The molecule has 1 saturated carbocycles. The number of amides is 1. The first kappa shape index (κ1) is 13.5. The molecule has 0 heterocycles. The maximum atomic E-state index is 11.0. The second kappa shape index (κ2) is 6.21. The summed E-state index contributed by atoms with van der Waals surface area (Å²) in [6, 6.07) is 0. The Morgan fingerprint density at radius 3 is 2.56 bits per heavy atom. The van der Waals surface area contributed by atoms with Gasteiger partial charge in [0.15, 0.2) is 0 Å². The molecule has 4 N–H and O–H groups in total. The van der Waals surface area contributed by atoms with Crippen molar-refractivity contribution in [2.45, 2.75) is 39.0 Å². The van der Waals surface area contributed by atoms with Crippen LogP contribution in [-0.4, -0.2) is 37.0 Å². The highest BCUT2D eigenvalue weighted by atomic mass is 16.1. The molecule has 1 fully saturated rings. The molecular formula is C12H25N3O. The Morgan fingerprint density at radius 2 is 2.12 bits per heavy atom. The van der Waals surface area contributed by atoms with Crippen LogP contribution in [0.15, 0.2) is 0 Å². The van der Waals surface area contributed by atoms with E-state index in [2.05, 4.69) is 11.8 Å². The van der Waals surface area contributed by atoms with Gasteiger partial charge in [0.1, 0.15) is 0 Å². The molecule has 4 nitrogen and oxygen atoms in total. The van der Waals surface area contributed by atoms with Crippen LogP contribution >= 0.6 is 0 Å². The molecule has 0 atom stereocenters. The number of nitrogens with zero attached hydrogens (tertiary/aromatic N) is 1. The quantitative estimate of drug-likeness (QED) is 0.609. The van der Waals surface area contributed by atoms with Crippen molar-refractivity contribution in [1.29, 1.82) is 0 Å². The first-order chi connectivity index (χ1) is 7.62. The lowest BCUT2D eigenvalue weighted by atomic mass is 10.0. The van der Waals surface area contributed by atoms with Gasteiger partial charge < -0.3 is 11.5 Å². The van der Waals surface area contributed by atoms with E-state index in [4.69, 9.17) is 11.5 Å². The van der Waals surface area contributed by atoms with Gasteiger partial charge in [-0.05, 0) is 44.2 Å². The van der Waals surface area contributed by atoms with E-state index >= 15 is 0 Å². The lowest BCUT2D eigenvalue weighted by Crippen LogP contribution is -2.38. The molecule has 1 aliphatic rings. The molecular weight excluding hydrogens is 202 g/mol. The minimum atomic E-state index is -0.223. The highest BCUT2D eigenvalue weighted by Gasteiger charge is 2.42. The average Bonchev–Trinajstić information content (AvgIpc) is 2.94. The van der Waals surface area contributed by atoms with E-state index < -0.39 is 0 Å². The van der Waals surface area contributed by atoms with Gasteiger partial charge in [0.2, 0.25) is 5.91 Å². The fourth-order valence-corrected chi connectivity index (χ4v) is 2.26. The average molecular weight is 227 g/mol. The second-order valence-corrected chi connectivity index (χ2v) is 5.07. The van der Waals surface area contributed by atoms with E-state index in [0.717, 1.165) is 38.9 Å². The van der Waals surface area contributed by atoms with Gasteiger partial charge in [-0.1, -0.05) is 13.3 Å². The molecule has 0 unspecified atom stereocenters. The van der Waals surface area contributed by atoms with E-state index in [0.29, 0.717) is 12.0 Å². The van der Waals surface area contributed by atoms with E-state index in [-0.39, 0.29) is 5.91 Å². The zero-order chi connectivity index (χ0) is 12.0. The van der Waals surface area contributed by atoms with E-state index in [9.17, 15) is 4.79 Å². The molecule has 1 aliphatic carbocycles. The van der Waals surface area contributed by atoms with Crippen LogP contribution in [0.25, 0.3) is 0 Å². The van der Waals surface area contributed by atoms with Crippen LogP contribution < -0.4 is 11.5 Å². The summed E-state index contributed by atoms with van der Waals surface area (Å²) in [6.07, 6.45) is 5.87. The van der Waals surface area contributed by atoms with Crippen molar-refractivity contribution >= 4 is 5.91 Å². The summed E-state index contributed by atoms with van der Waals surface area (Å²) < 4.78 is 0. The topological polar surface area (TPSA) is 72.3 Å². The highest BCUT2D eigenvalue weighted by Crippen LogP contribution is 2.48. The largest absolute Gasteiger partial charge is 0.369 e. The number of unbranched alkanes of at least 4 members (excludes halogenated alkanes) is 1. The lowest BCUT2D eigenvalue weighted by Gasteiger charge is -2.26. The van der Waals surface area contributed by atoms with Crippen LogP contribution in [0.4, 0.5) is 0 Å². The van der Waals surface area contributed by atoms with E-state index in [1.807, 2.05) is 0 Å². The van der Waals surface area contributed by atoms with Crippen molar-refractivity contribution in [2.75, 3.05) is 26.2 Å². The summed E-state index contributed by atoms with van der Waals surface area (Å²) in [7, 11) is 0. The van der Waals surface area contributed by atoms with E-state index in [1.165, 1.54) is 12.8 Å². The summed E-state index contributed by atoms with van der Waals surface area (Å²) in [5.74, 6) is -0.223. The van der Waals surface area contributed by atoms with Gasteiger partial charge in [-0.15, -0.1) is 0 Å². The van der Waals surface area contributed by atoms with Gasteiger partial charge in [0.05, 0.1) is 6.54 Å². The molecule has 1 amide bonds. The number of rotatable bonds is 9. The number of nitrogens with two attached hydrogens (primary N) is 2. The lowest BCUT2D eigenvalue weighted by molar-refractivity contribution is -0.119. The molecule has 0 saturated heterocycles. The monoisotopic (exact) mass is 227 g/mol. The SMILES string of the molecule is CCCCN(CC(N)=O)CC1(CCN)CC1. The maximum Gasteiger partial charge on any atom is 0.231 e. The molecule has 0 aromatic rings. The fourth-order valence-electron chi connectivity index (χ4n) is 2.26. The Bertz CT molecular complexity index is 226. The van der Waals surface area contributed by atoms with Gasteiger partial charge in [0.25, 0.3) is 0 Å². The zero-order valence-electron chi connectivity index (χ0n) is 10.4. The Balaban J connectivity index is 2.39. The second-order valence-electron chi connectivity index (χ2n) is 5.07. The van der Waals surface area contributed by atoms with Crippen LogP contribution in [0, 0.1) is 5.41 Å². The van der Waals surface area contributed by atoms with Crippen molar-refractivity contribution in [3.05, 3.63) is 0 Å². The normalized spacial score (nSPS) is 17.7. The summed E-state index contributed by atoms with van der Waals surface area (Å²) in [4.78, 5) is 13.2. The third-order valence-corrected chi connectivity index (χ3v) is 3.40. The number of primary amides is 1. The predicted molar refractivity (Wildman–Crippen MR) is 65.9 cm³/mol. The van der Waals surface area contributed by atoms with Crippen LogP contribution in [0.3, 0.4) is 0 Å². The molecule has 94 valence electrons. The standard InChI is InChI=1S/C12H25N3O/c1-2-3-8-15(9-11(14)16)10-12(4-5-12)6-7-13/h2-10,13H2,1H3,(H2,14,16). The molecule has 0 aromatic carbocycles. The molecule has 1 rings (SSSR count). The van der Waals surface area contributed by atoms with Crippen molar-refractivity contribution in [3.63, 3.8) is 0 Å². The van der Waals surface area contributed by atoms with Gasteiger partial charge in [0, 0.05) is 6.54 Å². The Labute approximate surface area is 98.3 Å². The molecule has 4 heteroatoms. The molecule has 0 bridgehead atoms. The summed E-state index contributed by atoms with van der Waals surface area (Å²) >= 11 is 0. The van der Waals surface area contributed by atoms with Crippen LogP contribution in [-0.2, 0) is 4.79 Å². The van der Waals surface area contributed by atoms with E-state index in [1.54, 1.807) is 0 Å². The third kappa shape index (κ3) is 4.49. The fraction of sp³-hybridized carbons (Fsp3) is 0.917. The molecule has 0 aromatic heterocycles. The van der Waals surface area contributed by atoms with Crippen molar-refractivity contribution in [3.8, 4) is 0 Å². The first-order valence-corrected chi connectivity index (χ1v) is 6.32. The molecule has 0 radical (unpaired) electrons. The molecule has 0 spiro atoms. The van der Waals surface area contributed by atoms with Gasteiger partial charge >= 0.3 is 0 Å². The van der Waals surface area contributed by atoms with Crippen LogP contribution in [0.5, 0.6) is 0 Å². The minimum Gasteiger partial charge on any atom is -0.369 e. The smallest absolute Gasteiger partial charge is 0.231 e. The Hall–Kier alpha value is -0.610. The number of hydrogen-bond donors (Lipinski definition) is 2. The van der Waals surface area contributed by atoms with Gasteiger partial charge in [-0.3, -0.25) is 9.69 Å². The summed E-state index contributed by atoms with van der Waals surface area (Å²) in [6.45, 7) is 5.28. The predicted octanol–water partition coefficient (Wildman–Crippen LogP) is 0.703. The zero-order valence-corrected chi connectivity index (χ0v) is 10.4. The molecule has 0 aliphatic heterocycles.